The molecule has 0 aliphatic carbocycles. The lowest BCUT2D eigenvalue weighted by molar-refractivity contribution is 0.315. The van der Waals surface area contributed by atoms with E-state index in [1.807, 2.05) is 12.1 Å². The van der Waals surface area contributed by atoms with Gasteiger partial charge in [0.05, 0.1) is 18.8 Å². The second-order valence-electron chi connectivity index (χ2n) is 4.68. The van der Waals surface area contributed by atoms with Crippen molar-refractivity contribution in [2.75, 3.05) is 12.3 Å². The van der Waals surface area contributed by atoms with Gasteiger partial charge in [-0.3, -0.25) is 10.8 Å². The van der Waals surface area contributed by atoms with E-state index in [4.69, 9.17) is 27.9 Å². The number of nitrogens with one attached hydrogen (secondary N) is 1. The van der Waals surface area contributed by atoms with Crippen molar-refractivity contribution in [2.45, 2.75) is 19.4 Å². The van der Waals surface area contributed by atoms with Crippen LogP contribution in [0, 0.1) is 0 Å². The molecular formula is C15H19ClN4O. The molecule has 21 heavy (non-hydrogen) atoms. The molecule has 0 aliphatic heterocycles. The lowest BCUT2D eigenvalue weighted by Gasteiger charge is -2.19. The molecule has 1 aromatic carbocycles. The smallest absolute Gasteiger partial charge is 0.137 e. The standard InChI is InChI=1S/C15H19ClN4O/c1-2-5-21-12-6-10(8-19-9-12)15(20-18)13-4-3-11(16)7-14(13)17/h3-4,6-9,15,20H,2,5,17-18H2,1H3. The summed E-state index contributed by atoms with van der Waals surface area (Å²) < 4.78 is 5.59. The molecule has 112 valence electrons. The first-order valence-corrected chi connectivity index (χ1v) is 7.12. The largest absolute Gasteiger partial charge is 0.492 e. The first kappa shape index (κ1) is 15.6. The molecule has 6 heteroatoms. The van der Waals surface area contributed by atoms with Gasteiger partial charge in [0, 0.05) is 16.9 Å². The number of nitrogens with zero attached hydrogens (tertiary/aromatic N) is 1. The van der Waals surface area contributed by atoms with Crippen molar-refractivity contribution in [3.8, 4) is 5.75 Å². The van der Waals surface area contributed by atoms with Gasteiger partial charge in [0.25, 0.3) is 0 Å². The number of nitrogens with two attached hydrogens (primary N) is 2. The summed E-state index contributed by atoms with van der Waals surface area (Å²) in [5, 5.41) is 0.588. The van der Waals surface area contributed by atoms with E-state index < -0.39 is 0 Å². The van der Waals surface area contributed by atoms with Gasteiger partial charge in [-0.1, -0.05) is 24.6 Å². The number of hydrazine groups is 1. The maximum absolute atomic E-state index is 6.02. The van der Waals surface area contributed by atoms with Gasteiger partial charge >= 0.3 is 0 Å². The molecule has 0 radical (unpaired) electrons. The molecule has 1 heterocycles. The molecule has 0 bridgehead atoms. The number of halogens is 1. The Morgan fingerprint density at radius 1 is 1.33 bits per heavy atom. The van der Waals surface area contributed by atoms with E-state index in [2.05, 4.69) is 17.3 Å². The molecule has 2 rings (SSSR count). The first-order chi connectivity index (χ1) is 10.2. The number of pyridine rings is 1. The predicted molar refractivity (Wildman–Crippen MR) is 85.1 cm³/mol. The highest BCUT2D eigenvalue weighted by molar-refractivity contribution is 6.30. The van der Waals surface area contributed by atoms with Crippen molar-refractivity contribution < 1.29 is 4.74 Å². The van der Waals surface area contributed by atoms with Crippen LogP contribution in [0.1, 0.15) is 30.5 Å². The third kappa shape index (κ3) is 3.85. The van der Waals surface area contributed by atoms with E-state index in [9.17, 15) is 0 Å². The van der Waals surface area contributed by atoms with E-state index in [1.54, 1.807) is 24.5 Å². The second kappa shape index (κ2) is 7.26. The summed E-state index contributed by atoms with van der Waals surface area (Å²) in [6, 6.07) is 6.96. The van der Waals surface area contributed by atoms with Crippen LogP contribution >= 0.6 is 11.6 Å². The fourth-order valence-electron chi connectivity index (χ4n) is 2.07. The molecule has 2 aromatic rings. The fourth-order valence-corrected chi connectivity index (χ4v) is 2.25. The molecule has 0 saturated heterocycles. The zero-order valence-electron chi connectivity index (χ0n) is 11.8. The van der Waals surface area contributed by atoms with E-state index in [1.165, 1.54) is 0 Å². The molecule has 0 saturated carbocycles. The maximum atomic E-state index is 6.02. The number of hydrogen-bond donors (Lipinski definition) is 3. The lowest BCUT2D eigenvalue weighted by atomic mass is 9.99. The van der Waals surface area contributed by atoms with E-state index in [0.717, 1.165) is 17.5 Å². The maximum Gasteiger partial charge on any atom is 0.137 e. The third-order valence-corrected chi connectivity index (χ3v) is 3.30. The molecule has 1 unspecified atom stereocenters. The SMILES string of the molecule is CCCOc1cncc(C(NN)c2ccc(Cl)cc2N)c1. The minimum absolute atomic E-state index is 0.278. The highest BCUT2D eigenvalue weighted by Gasteiger charge is 2.16. The number of aromatic nitrogens is 1. The highest BCUT2D eigenvalue weighted by Crippen LogP contribution is 2.29. The summed E-state index contributed by atoms with van der Waals surface area (Å²) in [5.41, 5.74) is 11.1. The molecule has 1 atom stereocenters. The van der Waals surface area contributed by atoms with Crippen LogP contribution < -0.4 is 21.7 Å². The first-order valence-electron chi connectivity index (χ1n) is 6.74. The minimum atomic E-state index is -0.278. The van der Waals surface area contributed by atoms with E-state index >= 15 is 0 Å². The quantitative estimate of drug-likeness (QED) is 0.434. The third-order valence-electron chi connectivity index (χ3n) is 3.07. The van der Waals surface area contributed by atoms with Gasteiger partial charge in [0.15, 0.2) is 0 Å². The number of hydrogen-bond acceptors (Lipinski definition) is 5. The number of benzene rings is 1. The molecule has 1 aromatic heterocycles. The van der Waals surface area contributed by atoms with Gasteiger partial charge in [-0.25, -0.2) is 5.43 Å². The fraction of sp³-hybridized carbons (Fsp3) is 0.267. The van der Waals surface area contributed by atoms with Crippen LogP contribution in [0.3, 0.4) is 0 Å². The van der Waals surface area contributed by atoms with Gasteiger partial charge < -0.3 is 10.5 Å². The Hall–Kier alpha value is -1.82. The summed E-state index contributed by atoms with van der Waals surface area (Å²) >= 11 is 5.93. The van der Waals surface area contributed by atoms with Gasteiger partial charge in [0.1, 0.15) is 5.75 Å². The number of rotatable bonds is 6. The number of anilines is 1. The van der Waals surface area contributed by atoms with E-state index in [-0.39, 0.29) is 6.04 Å². The van der Waals surface area contributed by atoms with Crippen molar-refractivity contribution >= 4 is 17.3 Å². The average Bonchev–Trinajstić information content (AvgIpc) is 2.48. The number of ether oxygens (including phenoxy) is 1. The van der Waals surface area contributed by atoms with Crippen LogP contribution in [-0.2, 0) is 0 Å². The second-order valence-corrected chi connectivity index (χ2v) is 5.11. The molecule has 0 aliphatic rings. The summed E-state index contributed by atoms with van der Waals surface area (Å²) in [4.78, 5) is 4.19. The zero-order valence-corrected chi connectivity index (χ0v) is 12.6. The van der Waals surface area contributed by atoms with Crippen LogP contribution in [0.15, 0.2) is 36.7 Å². The minimum Gasteiger partial charge on any atom is -0.492 e. The van der Waals surface area contributed by atoms with Crippen molar-refractivity contribution in [2.24, 2.45) is 5.84 Å². The molecule has 5 nitrogen and oxygen atoms in total. The Bertz CT molecular complexity index is 606. The van der Waals surface area contributed by atoms with Crippen molar-refractivity contribution in [1.82, 2.24) is 10.4 Å². The van der Waals surface area contributed by atoms with Crippen LogP contribution in [0.2, 0.25) is 5.02 Å². The summed E-state index contributed by atoms with van der Waals surface area (Å²) in [5.74, 6) is 6.40. The van der Waals surface area contributed by atoms with Crippen molar-refractivity contribution in [3.05, 3.63) is 52.8 Å². The summed E-state index contributed by atoms with van der Waals surface area (Å²) in [6.07, 6.45) is 4.35. The Kier molecular flexibility index (Phi) is 5.38. The van der Waals surface area contributed by atoms with Gasteiger partial charge in [-0.05, 0) is 35.7 Å². The van der Waals surface area contributed by atoms with Crippen molar-refractivity contribution in [3.63, 3.8) is 0 Å². The molecular weight excluding hydrogens is 288 g/mol. The molecule has 0 fully saturated rings. The normalized spacial score (nSPS) is 12.1. The van der Waals surface area contributed by atoms with Crippen LogP contribution in [-0.4, -0.2) is 11.6 Å². The molecule has 0 amide bonds. The van der Waals surface area contributed by atoms with Gasteiger partial charge in [-0.2, -0.15) is 0 Å². The Morgan fingerprint density at radius 2 is 2.14 bits per heavy atom. The van der Waals surface area contributed by atoms with Crippen molar-refractivity contribution in [1.29, 1.82) is 0 Å². The summed E-state index contributed by atoms with van der Waals surface area (Å²) in [7, 11) is 0. The predicted octanol–water partition coefficient (Wildman–Crippen LogP) is 2.66. The summed E-state index contributed by atoms with van der Waals surface area (Å²) in [6.45, 7) is 2.70. The highest BCUT2D eigenvalue weighted by atomic mass is 35.5. The zero-order chi connectivity index (χ0) is 15.2. The Balaban J connectivity index is 2.32. The van der Waals surface area contributed by atoms with Gasteiger partial charge in [-0.15, -0.1) is 0 Å². The topological polar surface area (TPSA) is 86.2 Å². The van der Waals surface area contributed by atoms with Crippen LogP contribution in [0.25, 0.3) is 0 Å². The molecule has 0 spiro atoms. The van der Waals surface area contributed by atoms with Crippen LogP contribution in [0.5, 0.6) is 5.75 Å². The lowest BCUT2D eigenvalue weighted by Crippen LogP contribution is -2.29. The Labute approximate surface area is 129 Å². The monoisotopic (exact) mass is 306 g/mol. The average molecular weight is 307 g/mol. The molecule has 5 N–H and O–H groups in total. The van der Waals surface area contributed by atoms with Crippen LogP contribution in [0.4, 0.5) is 5.69 Å². The number of nitrogen functional groups attached to an aromatic ring is 1. The van der Waals surface area contributed by atoms with E-state index in [0.29, 0.717) is 23.1 Å². The van der Waals surface area contributed by atoms with Gasteiger partial charge in [0.2, 0.25) is 0 Å². The Morgan fingerprint density at radius 3 is 2.81 bits per heavy atom.